The molecule has 1 aliphatic rings. The number of carbonyl (C=O) groups is 2. The fourth-order valence-electron chi connectivity index (χ4n) is 3.64. The van der Waals surface area contributed by atoms with Crippen molar-refractivity contribution < 1.29 is 70.8 Å². The molecule has 2 aromatic heterocycles. The number of aromatic amines is 1. The van der Waals surface area contributed by atoms with E-state index in [-0.39, 0.29) is 64.4 Å². The maximum atomic E-state index is 12.3. The molecule has 10 heteroatoms. The van der Waals surface area contributed by atoms with Gasteiger partial charge in [0, 0.05) is 49.4 Å². The third-order valence-electron chi connectivity index (χ3n) is 5.29. The van der Waals surface area contributed by atoms with Gasteiger partial charge in [0.15, 0.2) is 0 Å². The molecule has 2 amide bonds. The van der Waals surface area contributed by atoms with Crippen molar-refractivity contribution in [3.05, 3.63) is 59.9 Å². The molecule has 1 aliphatic heterocycles. The third-order valence-corrected chi connectivity index (χ3v) is 5.29. The van der Waals surface area contributed by atoms with Crippen LogP contribution < -0.4 is 72.0 Å². The van der Waals surface area contributed by atoms with E-state index in [1.807, 2.05) is 36.4 Å². The number of hydrogen-bond acceptors (Lipinski definition) is 6. The average Bonchev–Trinajstić information content (AvgIpc) is 3.21. The second-order valence-corrected chi connectivity index (χ2v) is 7.38. The Labute approximate surface area is 228 Å². The van der Waals surface area contributed by atoms with E-state index in [1.165, 1.54) is 0 Å². The molecule has 3 aromatic rings. The van der Waals surface area contributed by atoms with Crippen LogP contribution in [0.2, 0.25) is 0 Å². The summed E-state index contributed by atoms with van der Waals surface area (Å²) in [6.45, 7) is 3.11. The molecule has 0 radical (unpaired) electrons. The molecule has 3 N–H and O–H groups in total. The molecule has 3 heterocycles. The summed E-state index contributed by atoms with van der Waals surface area (Å²) in [6.07, 6.45) is 3.57. The second-order valence-electron chi connectivity index (χ2n) is 7.38. The van der Waals surface area contributed by atoms with Crippen molar-refractivity contribution in [2.24, 2.45) is 0 Å². The number of urea groups is 1. The maximum absolute atomic E-state index is 12.3. The molecule has 1 aromatic carbocycles. The predicted molar refractivity (Wildman–Crippen MR) is 113 cm³/mol. The zero-order chi connectivity index (χ0) is 21.6. The van der Waals surface area contributed by atoms with Gasteiger partial charge in [-0.05, 0) is 29.3 Å². The minimum Gasteiger partial charge on any atom is -0.548 e. The Hall–Kier alpha value is -1.95. The molecule has 9 nitrogen and oxygen atoms in total. The van der Waals surface area contributed by atoms with Crippen LogP contribution in [0.4, 0.5) is 10.6 Å². The van der Waals surface area contributed by atoms with Gasteiger partial charge in [0.25, 0.3) is 0 Å². The number of pyridine rings is 1. The molecule has 0 bridgehead atoms. The van der Waals surface area contributed by atoms with Gasteiger partial charge in [-0.25, -0.2) is 9.78 Å². The number of hydrogen-bond donors (Lipinski definition) is 3. The number of para-hydroxylation sites is 1. The normalized spacial score (nSPS) is 14.4. The number of anilines is 1. The first kappa shape index (κ1) is 24.7. The Bertz CT molecular complexity index is 1070. The molecule has 0 aliphatic carbocycles. The number of benzene rings is 1. The minimum absolute atomic E-state index is 0. The van der Waals surface area contributed by atoms with Gasteiger partial charge < -0.3 is 35.2 Å². The summed E-state index contributed by atoms with van der Waals surface area (Å²) in [5.41, 5.74) is 2.58. The SMILES string of the molecule is O=C(NCc1ccnc(N2CCOCC2)c1)N[C@@H](Cc1c[nH]c2ccccc12)C(=O)[O-].[K+]. The van der Waals surface area contributed by atoms with Crippen LogP contribution in [0.3, 0.4) is 0 Å². The maximum Gasteiger partial charge on any atom is 1.00 e. The standard InChI is InChI=1S/C22H25N5O4.K/c28-21(29)19(12-16-14-24-18-4-2-1-3-17(16)18)26-22(30)25-13-15-5-6-23-20(11-15)27-7-9-31-10-8-27;/h1-6,11,14,19,24H,7-10,12-13H2,(H,28,29)(H2,25,26,30);/q;+1/p-1/t19-;/m0./s1. The van der Waals surface area contributed by atoms with Gasteiger partial charge in [-0.3, -0.25) is 0 Å². The van der Waals surface area contributed by atoms with E-state index < -0.39 is 18.0 Å². The van der Waals surface area contributed by atoms with E-state index in [0.29, 0.717) is 13.2 Å². The summed E-state index contributed by atoms with van der Waals surface area (Å²) in [4.78, 5) is 33.6. The molecule has 1 fully saturated rings. The number of H-pyrrole nitrogens is 1. The Morgan fingerprint density at radius 1 is 1.22 bits per heavy atom. The third kappa shape index (κ3) is 6.30. The summed E-state index contributed by atoms with van der Waals surface area (Å²) in [5.74, 6) is -0.506. The van der Waals surface area contributed by atoms with E-state index in [0.717, 1.165) is 40.9 Å². The van der Waals surface area contributed by atoms with Crippen LogP contribution in [0, 0.1) is 0 Å². The van der Waals surface area contributed by atoms with Crippen LogP contribution in [0.25, 0.3) is 10.9 Å². The number of carbonyl (C=O) groups excluding carboxylic acids is 2. The number of fused-ring (bicyclic) bond motifs is 1. The van der Waals surface area contributed by atoms with Crippen LogP contribution in [0.5, 0.6) is 0 Å². The van der Waals surface area contributed by atoms with Crippen LogP contribution >= 0.6 is 0 Å². The molecular formula is C22H24KN5O4. The van der Waals surface area contributed by atoms with Gasteiger partial charge in [-0.2, -0.15) is 0 Å². The first-order valence-corrected chi connectivity index (χ1v) is 10.2. The van der Waals surface area contributed by atoms with Gasteiger partial charge in [-0.15, -0.1) is 0 Å². The minimum atomic E-state index is -1.33. The zero-order valence-electron chi connectivity index (χ0n) is 18.0. The first-order chi connectivity index (χ1) is 15.1. The second kappa shape index (κ2) is 11.8. The summed E-state index contributed by atoms with van der Waals surface area (Å²) >= 11 is 0. The van der Waals surface area contributed by atoms with Gasteiger partial charge in [0.05, 0.1) is 25.2 Å². The summed E-state index contributed by atoms with van der Waals surface area (Å²) in [6, 6.07) is 9.59. The monoisotopic (exact) mass is 461 g/mol. The van der Waals surface area contributed by atoms with Gasteiger partial charge >= 0.3 is 57.4 Å². The van der Waals surface area contributed by atoms with E-state index in [1.54, 1.807) is 12.4 Å². The van der Waals surface area contributed by atoms with Crippen molar-refractivity contribution in [1.29, 1.82) is 0 Å². The first-order valence-electron chi connectivity index (χ1n) is 10.2. The number of nitrogens with one attached hydrogen (secondary N) is 3. The summed E-state index contributed by atoms with van der Waals surface area (Å²) in [7, 11) is 0. The number of morpholine rings is 1. The van der Waals surface area contributed by atoms with E-state index in [2.05, 4.69) is 25.5 Å². The van der Waals surface area contributed by atoms with E-state index >= 15 is 0 Å². The average molecular weight is 462 g/mol. The molecule has 32 heavy (non-hydrogen) atoms. The summed E-state index contributed by atoms with van der Waals surface area (Å²) < 4.78 is 5.36. The van der Waals surface area contributed by atoms with E-state index in [9.17, 15) is 14.7 Å². The van der Waals surface area contributed by atoms with Crippen LogP contribution in [0.15, 0.2) is 48.8 Å². The van der Waals surface area contributed by atoms with Crippen LogP contribution in [-0.4, -0.2) is 54.3 Å². The zero-order valence-corrected chi connectivity index (χ0v) is 21.1. The molecule has 0 unspecified atom stereocenters. The van der Waals surface area contributed by atoms with Crippen molar-refractivity contribution in [2.45, 2.75) is 19.0 Å². The molecule has 0 saturated carbocycles. The smallest absolute Gasteiger partial charge is 0.548 e. The molecule has 1 saturated heterocycles. The predicted octanol–water partition coefficient (Wildman–Crippen LogP) is -2.44. The number of aromatic nitrogens is 2. The Morgan fingerprint density at radius 3 is 2.78 bits per heavy atom. The fraction of sp³-hybridized carbons (Fsp3) is 0.318. The van der Waals surface area contributed by atoms with Crippen molar-refractivity contribution in [1.82, 2.24) is 20.6 Å². The number of carboxylic acids is 1. The van der Waals surface area contributed by atoms with Crippen molar-refractivity contribution in [2.75, 3.05) is 31.2 Å². The van der Waals surface area contributed by atoms with Gasteiger partial charge in [-0.1, -0.05) is 18.2 Å². The molecule has 0 spiro atoms. The Balaban J connectivity index is 0.00000289. The molecule has 1 atom stereocenters. The van der Waals surface area contributed by atoms with E-state index in [4.69, 9.17) is 4.74 Å². The quantitative estimate of drug-likeness (QED) is 0.336. The van der Waals surface area contributed by atoms with Gasteiger partial charge in [0.2, 0.25) is 0 Å². The number of aliphatic carboxylic acids is 1. The fourth-order valence-corrected chi connectivity index (χ4v) is 3.64. The number of nitrogens with zero attached hydrogens (tertiary/aromatic N) is 2. The largest absolute Gasteiger partial charge is 1.00 e. The van der Waals surface area contributed by atoms with Crippen molar-refractivity contribution >= 4 is 28.7 Å². The summed E-state index contributed by atoms with van der Waals surface area (Å²) in [5, 5.41) is 17.7. The molecular weight excluding hydrogens is 437 g/mol. The number of carboxylic acid groups (broad SMARTS) is 1. The molecule has 162 valence electrons. The van der Waals surface area contributed by atoms with Crippen molar-refractivity contribution in [3.63, 3.8) is 0 Å². The van der Waals surface area contributed by atoms with Crippen LogP contribution in [-0.2, 0) is 22.5 Å². The number of amides is 2. The van der Waals surface area contributed by atoms with Crippen LogP contribution in [0.1, 0.15) is 11.1 Å². The topological polar surface area (TPSA) is 122 Å². The van der Waals surface area contributed by atoms with Gasteiger partial charge in [0.1, 0.15) is 5.82 Å². The number of rotatable bonds is 7. The molecule has 4 rings (SSSR count). The Kier molecular flexibility index (Phi) is 9.08. The Morgan fingerprint density at radius 2 is 2.00 bits per heavy atom. The van der Waals surface area contributed by atoms with Crippen molar-refractivity contribution in [3.8, 4) is 0 Å². The number of ether oxygens (including phenoxy) is 1.